The second-order valence-electron chi connectivity index (χ2n) is 4.59. The summed E-state index contributed by atoms with van der Waals surface area (Å²) < 4.78 is 0. The maximum atomic E-state index is 11.4. The van der Waals surface area contributed by atoms with Gasteiger partial charge in [0, 0.05) is 6.42 Å². The van der Waals surface area contributed by atoms with Gasteiger partial charge in [0.1, 0.15) is 5.60 Å². The van der Waals surface area contributed by atoms with Crippen LogP contribution in [-0.4, -0.2) is 24.6 Å². The van der Waals surface area contributed by atoms with E-state index in [1.165, 1.54) is 6.08 Å². The van der Waals surface area contributed by atoms with Crippen molar-refractivity contribution < 1.29 is 9.90 Å². The zero-order valence-electron chi connectivity index (χ0n) is 8.42. The molecule has 2 nitrogen and oxygen atoms in total. The minimum Gasteiger partial charge on any atom is -0.377 e. The normalized spacial score (nSPS) is 28.9. The second kappa shape index (κ2) is 2.92. The zero-order chi connectivity index (χ0) is 10.3. The standard InChI is InChI=1S/C10H16O2Si/c1-5-10(12)7-8(6-9(10)11)13(2,3)4/h5-6,12H,1,7H2,2-4H3. The largest absolute Gasteiger partial charge is 0.377 e. The summed E-state index contributed by atoms with van der Waals surface area (Å²) in [5.74, 6) is -0.208. The fraction of sp³-hybridized carbons (Fsp3) is 0.500. The van der Waals surface area contributed by atoms with Gasteiger partial charge in [-0.05, 0) is 6.08 Å². The smallest absolute Gasteiger partial charge is 0.190 e. The van der Waals surface area contributed by atoms with Crippen molar-refractivity contribution in [3.63, 3.8) is 0 Å². The maximum absolute atomic E-state index is 11.4. The van der Waals surface area contributed by atoms with Gasteiger partial charge in [0.2, 0.25) is 0 Å². The molecule has 1 unspecified atom stereocenters. The third-order valence-electron chi connectivity index (χ3n) is 2.49. The topological polar surface area (TPSA) is 37.3 Å². The number of carbonyl (C=O) groups is 1. The molecule has 0 bridgehead atoms. The van der Waals surface area contributed by atoms with E-state index in [4.69, 9.17) is 0 Å². The molecule has 0 spiro atoms. The van der Waals surface area contributed by atoms with E-state index in [-0.39, 0.29) is 5.78 Å². The van der Waals surface area contributed by atoms with Crippen molar-refractivity contribution in [2.45, 2.75) is 31.7 Å². The van der Waals surface area contributed by atoms with E-state index in [1.54, 1.807) is 6.08 Å². The molecule has 1 N–H and O–H groups in total. The molecule has 0 aromatic heterocycles. The van der Waals surface area contributed by atoms with Crippen molar-refractivity contribution >= 4 is 13.9 Å². The number of hydrogen-bond donors (Lipinski definition) is 1. The van der Waals surface area contributed by atoms with Crippen LogP contribution in [0.4, 0.5) is 0 Å². The molecule has 13 heavy (non-hydrogen) atoms. The van der Waals surface area contributed by atoms with Crippen LogP contribution in [0.5, 0.6) is 0 Å². The summed E-state index contributed by atoms with van der Waals surface area (Å²) in [6, 6.07) is 0. The maximum Gasteiger partial charge on any atom is 0.190 e. The van der Waals surface area contributed by atoms with Gasteiger partial charge in [-0.3, -0.25) is 4.79 Å². The minimum atomic E-state index is -1.44. The summed E-state index contributed by atoms with van der Waals surface area (Å²) in [5, 5.41) is 10.9. The molecule has 1 rings (SSSR count). The summed E-state index contributed by atoms with van der Waals surface area (Å²) in [6.45, 7) is 10.00. The molecule has 0 radical (unpaired) electrons. The Morgan fingerprint density at radius 1 is 1.62 bits per heavy atom. The third-order valence-corrected chi connectivity index (χ3v) is 4.74. The van der Waals surface area contributed by atoms with E-state index in [9.17, 15) is 9.90 Å². The molecule has 0 saturated heterocycles. The molecule has 0 saturated carbocycles. The highest BCUT2D eigenvalue weighted by Crippen LogP contribution is 2.32. The van der Waals surface area contributed by atoms with Crippen LogP contribution in [0.1, 0.15) is 6.42 Å². The van der Waals surface area contributed by atoms with Gasteiger partial charge in [-0.2, -0.15) is 0 Å². The van der Waals surface area contributed by atoms with Crippen molar-refractivity contribution in [1.82, 2.24) is 0 Å². The summed E-state index contributed by atoms with van der Waals surface area (Å²) in [7, 11) is -1.44. The van der Waals surface area contributed by atoms with Gasteiger partial charge in [0.25, 0.3) is 0 Å². The van der Waals surface area contributed by atoms with Crippen molar-refractivity contribution in [3.8, 4) is 0 Å². The van der Waals surface area contributed by atoms with Crippen LogP contribution >= 0.6 is 0 Å². The van der Waals surface area contributed by atoms with Gasteiger partial charge in [0.05, 0.1) is 8.07 Å². The van der Waals surface area contributed by atoms with Gasteiger partial charge >= 0.3 is 0 Å². The molecular weight excluding hydrogens is 180 g/mol. The first-order chi connectivity index (χ1) is 5.79. The zero-order valence-corrected chi connectivity index (χ0v) is 9.42. The molecule has 72 valence electrons. The summed E-state index contributed by atoms with van der Waals surface area (Å²) in [6.07, 6.45) is 3.40. The fourth-order valence-electron chi connectivity index (χ4n) is 1.37. The summed E-state index contributed by atoms with van der Waals surface area (Å²) in [4.78, 5) is 11.4. The van der Waals surface area contributed by atoms with E-state index in [0.29, 0.717) is 6.42 Å². The Morgan fingerprint density at radius 3 is 2.38 bits per heavy atom. The molecule has 0 heterocycles. The van der Waals surface area contributed by atoms with Crippen LogP contribution in [0.15, 0.2) is 23.9 Å². The molecule has 0 aromatic carbocycles. The van der Waals surface area contributed by atoms with Gasteiger partial charge in [0.15, 0.2) is 5.78 Å². The van der Waals surface area contributed by atoms with Crippen LogP contribution in [0.25, 0.3) is 0 Å². The Kier molecular flexibility index (Phi) is 2.34. The first-order valence-electron chi connectivity index (χ1n) is 4.41. The lowest BCUT2D eigenvalue weighted by Crippen LogP contribution is -2.33. The van der Waals surface area contributed by atoms with E-state index < -0.39 is 13.7 Å². The number of hydrogen-bond acceptors (Lipinski definition) is 2. The highest BCUT2D eigenvalue weighted by Gasteiger charge is 2.40. The highest BCUT2D eigenvalue weighted by molar-refractivity contribution is 6.83. The number of aliphatic hydroxyl groups is 1. The molecule has 0 fully saturated rings. The molecule has 1 aliphatic carbocycles. The van der Waals surface area contributed by atoms with Crippen molar-refractivity contribution in [3.05, 3.63) is 23.9 Å². The van der Waals surface area contributed by atoms with E-state index >= 15 is 0 Å². The van der Waals surface area contributed by atoms with E-state index in [2.05, 4.69) is 26.2 Å². The van der Waals surface area contributed by atoms with Gasteiger partial charge in [-0.15, -0.1) is 0 Å². The Balaban J connectivity index is 2.96. The SMILES string of the molecule is C=CC1(O)CC([Si](C)(C)C)=CC1=O. The lowest BCUT2D eigenvalue weighted by atomic mass is 10.0. The average molecular weight is 196 g/mol. The van der Waals surface area contributed by atoms with Crippen molar-refractivity contribution in [1.29, 1.82) is 0 Å². The average Bonchev–Trinajstić information content (AvgIpc) is 2.29. The fourth-order valence-corrected chi connectivity index (χ4v) is 2.73. The quantitative estimate of drug-likeness (QED) is 0.539. The van der Waals surface area contributed by atoms with E-state index in [1.807, 2.05) is 0 Å². The van der Waals surface area contributed by atoms with Crippen molar-refractivity contribution in [2.75, 3.05) is 0 Å². The first kappa shape index (κ1) is 10.4. The Bertz CT molecular complexity index is 286. The molecule has 0 amide bonds. The summed E-state index contributed by atoms with van der Waals surface area (Å²) >= 11 is 0. The Labute approximate surface area is 80.0 Å². The predicted molar refractivity (Wildman–Crippen MR) is 56.2 cm³/mol. The van der Waals surface area contributed by atoms with E-state index in [0.717, 1.165) is 5.20 Å². The number of carbonyl (C=O) groups excluding carboxylic acids is 1. The van der Waals surface area contributed by atoms with Gasteiger partial charge in [-0.1, -0.05) is 37.5 Å². The van der Waals surface area contributed by atoms with Crippen LogP contribution in [0.3, 0.4) is 0 Å². The van der Waals surface area contributed by atoms with Crippen LogP contribution in [0.2, 0.25) is 19.6 Å². The van der Waals surface area contributed by atoms with Crippen LogP contribution in [-0.2, 0) is 4.79 Å². The van der Waals surface area contributed by atoms with Crippen molar-refractivity contribution in [2.24, 2.45) is 0 Å². The number of rotatable bonds is 2. The number of ketones is 1. The van der Waals surface area contributed by atoms with Crippen LogP contribution < -0.4 is 0 Å². The first-order valence-corrected chi connectivity index (χ1v) is 7.91. The van der Waals surface area contributed by atoms with Gasteiger partial charge < -0.3 is 5.11 Å². The Hall–Kier alpha value is -0.673. The Morgan fingerprint density at radius 2 is 2.15 bits per heavy atom. The molecule has 1 atom stereocenters. The minimum absolute atomic E-state index is 0.208. The lowest BCUT2D eigenvalue weighted by Gasteiger charge is -2.21. The molecular formula is C10H16O2Si. The monoisotopic (exact) mass is 196 g/mol. The predicted octanol–water partition coefficient (Wildman–Crippen LogP) is 1.68. The second-order valence-corrected chi connectivity index (χ2v) is 9.73. The molecule has 1 aliphatic rings. The van der Waals surface area contributed by atoms with Gasteiger partial charge in [-0.25, -0.2) is 0 Å². The lowest BCUT2D eigenvalue weighted by molar-refractivity contribution is -0.126. The van der Waals surface area contributed by atoms with Crippen LogP contribution in [0, 0.1) is 0 Å². The molecule has 0 aliphatic heterocycles. The molecule has 0 aromatic rings. The third kappa shape index (κ3) is 1.81. The molecule has 3 heteroatoms. The highest BCUT2D eigenvalue weighted by atomic mass is 28.3. The summed E-state index contributed by atoms with van der Waals surface area (Å²) in [5.41, 5.74) is -1.31.